The zero-order chi connectivity index (χ0) is 19.2. The number of rotatable bonds is 6. The van der Waals surface area contributed by atoms with E-state index in [1.807, 2.05) is 49.4 Å². The fourth-order valence-electron chi connectivity index (χ4n) is 2.86. The number of hydrogen-bond donors (Lipinski definition) is 2. The molecule has 0 radical (unpaired) electrons. The quantitative estimate of drug-likeness (QED) is 0.675. The third kappa shape index (κ3) is 4.91. The zero-order valence-electron chi connectivity index (χ0n) is 15.9. The van der Waals surface area contributed by atoms with Crippen LogP contribution in [0.5, 0.6) is 0 Å². The maximum atomic E-state index is 12.3. The van der Waals surface area contributed by atoms with E-state index in [9.17, 15) is 4.79 Å². The summed E-state index contributed by atoms with van der Waals surface area (Å²) in [5.41, 5.74) is 4.72. The number of para-hydroxylation sites is 1. The number of carbonyl (C=O) groups is 1. The first-order valence-electron chi connectivity index (χ1n) is 9.04. The van der Waals surface area contributed by atoms with Gasteiger partial charge >= 0.3 is 0 Å². The molecule has 1 amide bonds. The van der Waals surface area contributed by atoms with Gasteiger partial charge in [-0.1, -0.05) is 61.9 Å². The van der Waals surface area contributed by atoms with E-state index in [2.05, 4.69) is 40.5 Å². The van der Waals surface area contributed by atoms with Crippen LogP contribution in [0.3, 0.4) is 0 Å². The molecule has 2 aromatic carbocycles. The highest BCUT2D eigenvalue weighted by molar-refractivity contribution is 5.92. The lowest BCUT2D eigenvalue weighted by molar-refractivity contribution is 0.0945. The predicted octanol–water partition coefficient (Wildman–Crippen LogP) is 4.58. The Kier molecular flexibility index (Phi) is 5.81. The van der Waals surface area contributed by atoms with Gasteiger partial charge in [0.1, 0.15) is 11.5 Å². The fraction of sp³-hybridized carbons (Fsp3) is 0.227. The monoisotopic (exact) mass is 360 g/mol. The van der Waals surface area contributed by atoms with Gasteiger partial charge in [-0.25, -0.2) is 9.97 Å². The summed E-state index contributed by atoms with van der Waals surface area (Å²) in [6, 6.07) is 16.1. The molecule has 3 rings (SSSR count). The molecule has 0 saturated heterocycles. The highest BCUT2D eigenvalue weighted by atomic mass is 16.1. The van der Waals surface area contributed by atoms with Gasteiger partial charge in [-0.3, -0.25) is 4.79 Å². The minimum atomic E-state index is -0.238. The molecule has 0 saturated carbocycles. The van der Waals surface area contributed by atoms with E-state index in [4.69, 9.17) is 0 Å². The molecule has 1 heterocycles. The normalized spacial score (nSPS) is 10.7. The lowest BCUT2D eigenvalue weighted by Gasteiger charge is -2.14. The summed E-state index contributed by atoms with van der Waals surface area (Å²) >= 11 is 0. The Morgan fingerprint density at radius 3 is 2.56 bits per heavy atom. The maximum Gasteiger partial charge on any atom is 0.271 e. The van der Waals surface area contributed by atoms with E-state index in [-0.39, 0.29) is 5.91 Å². The van der Waals surface area contributed by atoms with Gasteiger partial charge in [0.05, 0.1) is 12.4 Å². The molecule has 0 fully saturated rings. The summed E-state index contributed by atoms with van der Waals surface area (Å²) in [4.78, 5) is 20.9. The first kappa shape index (κ1) is 18.6. The Bertz CT molecular complexity index is 920. The predicted molar refractivity (Wildman–Crippen MR) is 108 cm³/mol. The molecule has 138 valence electrons. The lowest BCUT2D eigenvalue weighted by Crippen LogP contribution is -2.24. The van der Waals surface area contributed by atoms with Crippen molar-refractivity contribution in [2.24, 2.45) is 0 Å². The Hall–Kier alpha value is -3.21. The van der Waals surface area contributed by atoms with Crippen LogP contribution in [-0.2, 0) is 6.54 Å². The molecule has 0 atom stereocenters. The molecule has 0 aliphatic carbocycles. The number of aryl methyl sites for hydroxylation is 1. The first-order valence-corrected chi connectivity index (χ1v) is 9.04. The van der Waals surface area contributed by atoms with Crippen LogP contribution in [0.1, 0.15) is 46.9 Å². The fourth-order valence-corrected chi connectivity index (χ4v) is 2.86. The summed E-state index contributed by atoms with van der Waals surface area (Å²) in [5, 5.41) is 6.15. The van der Waals surface area contributed by atoms with Crippen LogP contribution in [0.2, 0.25) is 0 Å². The molecule has 1 aromatic heterocycles. The van der Waals surface area contributed by atoms with Gasteiger partial charge in [0, 0.05) is 12.2 Å². The molecule has 0 aliphatic rings. The van der Waals surface area contributed by atoms with E-state index in [1.54, 1.807) is 6.20 Å². The van der Waals surface area contributed by atoms with Crippen LogP contribution in [0.4, 0.5) is 11.5 Å². The number of anilines is 2. The second-order valence-corrected chi connectivity index (χ2v) is 6.83. The zero-order valence-corrected chi connectivity index (χ0v) is 15.9. The summed E-state index contributed by atoms with van der Waals surface area (Å²) in [6.45, 7) is 6.78. The number of amides is 1. The number of benzene rings is 2. The van der Waals surface area contributed by atoms with Gasteiger partial charge in [-0.15, -0.1) is 0 Å². The van der Waals surface area contributed by atoms with Crippen molar-refractivity contribution < 1.29 is 4.79 Å². The van der Waals surface area contributed by atoms with Crippen molar-refractivity contribution in [3.63, 3.8) is 0 Å². The average molecular weight is 360 g/mol. The summed E-state index contributed by atoms with van der Waals surface area (Å²) < 4.78 is 0. The molecule has 3 aromatic rings. The Labute approximate surface area is 159 Å². The topological polar surface area (TPSA) is 66.9 Å². The van der Waals surface area contributed by atoms with Crippen molar-refractivity contribution in [1.82, 2.24) is 15.3 Å². The van der Waals surface area contributed by atoms with Crippen molar-refractivity contribution in [2.45, 2.75) is 33.2 Å². The molecule has 5 nitrogen and oxygen atoms in total. The van der Waals surface area contributed by atoms with Crippen molar-refractivity contribution in [1.29, 1.82) is 0 Å². The molecule has 0 bridgehead atoms. The number of nitrogens with zero attached hydrogens (tertiary/aromatic N) is 2. The molecule has 2 N–H and O–H groups in total. The standard InChI is InChI=1S/C22H24N4O/c1-15(2)18-9-4-5-10-19(18)26-21-14-23-20(13-24-21)22(27)25-12-17-8-6-7-16(3)11-17/h4-11,13-15H,12H2,1-3H3,(H,24,26)(H,25,27). The highest BCUT2D eigenvalue weighted by Crippen LogP contribution is 2.25. The highest BCUT2D eigenvalue weighted by Gasteiger charge is 2.10. The van der Waals surface area contributed by atoms with Gasteiger partial charge in [-0.2, -0.15) is 0 Å². The summed E-state index contributed by atoms with van der Waals surface area (Å²) in [5.74, 6) is 0.768. The number of carbonyl (C=O) groups excluding carboxylic acids is 1. The van der Waals surface area contributed by atoms with Crippen molar-refractivity contribution >= 4 is 17.4 Å². The third-order valence-corrected chi connectivity index (χ3v) is 4.27. The van der Waals surface area contributed by atoms with E-state index in [1.165, 1.54) is 17.3 Å². The van der Waals surface area contributed by atoms with Gasteiger partial charge in [0.15, 0.2) is 0 Å². The van der Waals surface area contributed by atoms with Crippen LogP contribution in [0, 0.1) is 6.92 Å². The number of hydrogen-bond acceptors (Lipinski definition) is 4. The molecular weight excluding hydrogens is 336 g/mol. The number of aromatic nitrogens is 2. The largest absolute Gasteiger partial charge is 0.347 e. The van der Waals surface area contributed by atoms with Crippen LogP contribution in [0.25, 0.3) is 0 Å². The smallest absolute Gasteiger partial charge is 0.271 e. The molecule has 0 unspecified atom stereocenters. The molecule has 27 heavy (non-hydrogen) atoms. The maximum absolute atomic E-state index is 12.3. The minimum Gasteiger partial charge on any atom is -0.347 e. The van der Waals surface area contributed by atoms with Gasteiger partial charge in [-0.05, 0) is 30.0 Å². The Morgan fingerprint density at radius 1 is 1.04 bits per heavy atom. The SMILES string of the molecule is Cc1cccc(CNC(=O)c2cnc(Nc3ccccc3C(C)C)cn2)c1. The van der Waals surface area contributed by atoms with E-state index < -0.39 is 0 Å². The van der Waals surface area contributed by atoms with E-state index in [0.717, 1.165) is 11.3 Å². The van der Waals surface area contributed by atoms with Crippen LogP contribution in [-0.4, -0.2) is 15.9 Å². The van der Waals surface area contributed by atoms with Gasteiger partial charge < -0.3 is 10.6 Å². The minimum absolute atomic E-state index is 0.238. The van der Waals surface area contributed by atoms with Crippen LogP contribution in [0.15, 0.2) is 60.9 Å². The Morgan fingerprint density at radius 2 is 1.85 bits per heavy atom. The second kappa shape index (κ2) is 8.45. The molecular formula is C22H24N4O. The van der Waals surface area contributed by atoms with Crippen LogP contribution < -0.4 is 10.6 Å². The molecule has 5 heteroatoms. The summed E-state index contributed by atoms with van der Waals surface area (Å²) in [6.07, 6.45) is 3.07. The average Bonchev–Trinajstić information content (AvgIpc) is 2.67. The first-order chi connectivity index (χ1) is 13.0. The lowest BCUT2D eigenvalue weighted by atomic mass is 10.0. The van der Waals surface area contributed by atoms with Crippen molar-refractivity contribution in [3.8, 4) is 0 Å². The molecule has 0 spiro atoms. The van der Waals surface area contributed by atoms with Crippen molar-refractivity contribution in [2.75, 3.05) is 5.32 Å². The van der Waals surface area contributed by atoms with Crippen LogP contribution >= 0.6 is 0 Å². The second-order valence-electron chi connectivity index (χ2n) is 6.83. The third-order valence-electron chi connectivity index (χ3n) is 4.27. The Balaban J connectivity index is 1.64. The van der Waals surface area contributed by atoms with Gasteiger partial charge in [0.2, 0.25) is 0 Å². The van der Waals surface area contributed by atoms with Gasteiger partial charge in [0.25, 0.3) is 5.91 Å². The number of nitrogens with one attached hydrogen (secondary N) is 2. The van der Waals surface area contributed by atoms with E-state index >= 15 is 0 Å². The van der Waals surface area contributed by atoms with Crippen molar-refractivity contribution in [3.05, 3.63) is 83.3 Å². The van der Waals surface area contributed by atoms with E-state index in [0.29, 0.717) is 24.0 Å². The molecule has 0 aliphatic heterocycles. The summed E-state index contributed by atoms with van der Waals surface area (Å²) in [7, 11) is 0.